The van der Waals surface area contributed by atoms with E-state index in [1.165, 1.54) is 5.56 Å². The Bertz CT molecular complexity index is 584. The van der Waals surface area contributed by atoms with Crippen molar-refractivity contribution in [2.24, 2.45) is 0 Å². The van der Waals surface area contributed by atoms with Gasteiger partial charge in [-0.3, -0.25) is 0 Å². The Kier molecular flexibility index (Phi) is 3.93. The molecule has 6 heteroatoms. The highest BCUT2D eigenvalue weighted by atomic mass is 35.5. The van der Waals surface area contributed by atoms with Gasteiger partial charge in [-0.15, -0.1) is 0 Å². The highest BCUT2D eigenvalue weighted by Crippen LogP contribution is 2.33. The Balaban J connectivity index is 1.68. The summed E-state index contributed by atoms with van der Waals surface area (Å²) in [5, 5.41) is 3.92. The topological polar surface area (TPSA) is 55.4 Å². The summed E-state index contributed by atoms with van der Waals surface area (Å²) in [6.07, 6.45) is 2.00. The molecule has 0 amide bonds. The van der Waals surface area contributed by atoms with Crippen molar-refractivity contribution in [1.82, 2.24) is 5.32 Å². The van der Waals surface area contributed by atoms with Crippen LogP contribution >= 0.6 is 11.6 Å². The van der Waals surface area contributed by atoms with E-state index < -0.39 is 9.84 Å². The molecule has 3 rings (SSSR count). The van der Waals surface area contributed by atoms with Crippen molar-refractivity contribution in [3.05, 3.63) is 28.8 Å². The Morgan fingerprint density at radius 3 is 2.50 bits per heavy atom. The molecule has 0 unspecified atom stereocenters. The minimum Gasteiger partial charge on any atom is -0.487 e. The number of nitrogens with one attached hydrogen (secondary N) is 1. The first-order valence-electron chi connectivity index (χ1n) is 6.91. The van der Waals surface area contributed by atoms with Gasteiger partial charge >= 0.3 is 0 Å². The molecular formula is C14H18ClNO3S. The van der Waals surface area contributed by atoms with Crippen LogP contribution in [0.2, 0.25) is 5.02 Å². The smallest absolute Gasteiger partial charge is 0.157 e. The largest absolute Gasteiger partial charge is 0.487 e. The molecule has 0 atom stereocenters. The fraction of sp³-hybridized carbons (Fsp3) is 0.571. The first-order chi connectivity index (χ1) is 9.53. The van der Waals surface area contributed by atoms with Gasteiger partial charge in [0.05, 0.1) is 16.5 Å². The predicted molar refractivity (Wildman–Crippen MR) is 79.4 cm³/mol. The number of benzene rings is 1. The Hall–Kier alpha value is -0.780. The molecule has 0 aliphatic carbocycles. The van der Waals surface area contributed by atoms with E-state index in [1.54, 1.807) is 0 Å². The third-order valence-corrected chi connectivity index (χ3v) is 5.99. The summed E-state index contributed by atoms with van der Waals surface area (Å²) >= 11 is 6.25. The second kappa shape index (κ2) is 5.54. The minimum atomic E-state index is -2.86. The summed E-state index contributed by atoms with van der Waals surface area (Å²) < 4.78 is 27.9. The summed E-state index contributed by atoms with van der Waals surface area (Å²) in [7, 11) is -2.86. The SMILES string of the molecule is O=S1(=O)CC(Oc2ccc(C3CCNCC3)cc2Cl)C1. The maximum Gasteiger partial charge on any atom is 0.157 e. The molecule has 0 saturated carbocycles. The first kappa shape index (κ1) is 14.2. The lowest BCUT2D eigenvalue weighted by Crippen LogP contribution is -2.45. The van der Waals surface area contributed by atoms with Crippen molar-refractivity contribution in [3.8, 4) is 5.75 Å². The number of halogens is 1. The molecule has 2 heterocycles. The average molecular weight is 316 g/mol. The lowest BCUT2D eigenvalue weighted by Gasteiger charge is -2.27. The van der Waals surface area contributed by atoms with Crippen LogP contribution in [-0.2, 0) is 9.84 Å². The molecule has 2 aliphatic heterocycles. The predicted octanol–water partition coefficient (Wildman–Crippen LogP) is 1.98. The van der Waals surface area contributed by atoms with Crippen LogP contribution in [-0.4, -0.2) is 39.1 Å². The third-order valence-electron chi connectivity index (χ3n) is 3.94. The molecule has 2 aliphatic rings. The van der Waals surface area contributed by atoms with Crippen LogP contribution < -0.4 is 10.1 Å². The van der Waals surface area contributed by atoms with Gasteiger partial charge in [-0.2, -0.15) is 0 Å². The van der Waals surface area contributed by atoms with Crippen LogP contribution in [0, 0.1) is 0 Å². The van der Waals surface area contributed by atoms with Crippen LogP contribution in [0.15, 0.2) is 18.2 Å². The Morgan fingerprint density at radius 2 is 1.90 bits per heavy atom. The van der Waals surface area contributed by atoms with Gasteiger partial charge in [0.2, 0.25) is 0 Å². The fourth-order valence-corrected chi connectivity index (χ4v) is 4.19. The van der Waals surface area contributed by atoms with Crippen molar-refractivity contribution >= 4 is 21.4 Å². The molecule has 0 bridgehead atoms. The Labute approximate surface area is 124 Å². The molecule has 4 nitrogen and oxygen atoms in total. The molecule has 2 saturated heterocycles. The summed E-state index contributed by atoms with van der Waals surface area (Å²) in [6, 6.07) is 5.87. The average Bonchev–Trinajstić information content (AvgIpc) is 2.40. The monoisotopic (exact) mass is 315 g/mol. The van der Waals surface area contributed by atoms with E-state index in [2.05, 4.69) is 5.32 Å². The maximum absolute atomic E-state index is 11.1. The van der Waals surface area contributed by atoms with E-state index in [4.69, 9.17) is 16.3 Å². The number of hydrogen-bond acceptors (Lipinski definition) is 4. The molecule has 0 radical (unpaired) electrons. The van der Waals surface area contributed by atoms with Crippen LogP contribution in [0.25, 0.3) is 0 Å². The van der Waals surface area contributed by atoms with Gasteiger partial charge in [0.15, 0.2) is 9.84 Å². The standard InChI is InChI=1S/C14H18ClNO3S/c15-13-7-11(10-3-5-16-6-4-10)1-2-14(13)19-12-8-20(17,18)9-12/h1-2,7,10,12,16H,3-6,8-9H2. The molecule has 1 aromatic carbocycles. The first-order valence-corrected chi connectivity index (χ1v) is 9.11. The minimum absolute atomic E-state index is 0.0966. The van der Waals surface area contributed by atoms with E-state index in [1.807, 2.05) is 18.2 Å². The second-order valence-electron chi connectivity index (χ2n) is 5.53. The molecule has 1 N–H and O–H groups in total. The number of sulfone groups is 1. The fourth-order valence-electron chi connectivity index (χ4n) is 2.79. The molecule has 0 aromatic heterocycles. The van der Waals surface area contributed by atoms with Gasteiger partial charge in [0.25, 0.3) is 0 Å². The van der Waals surface area contributed by atoms with Crippen molar-refractivity contribution < 1.29 is 13.2 Å². The van der Waals surface area contributed by atoms with Gasteiger partial charge in [-0.1, -0.05) is 17.7 Å². The van der Waals surface area contributed by atoms with Crippen molar-refractivity contribution in [1.29, 1.82) is 0 Å². The van der Waals surface area contributed by atoms with E-state index in [0.717, 1.165) is 25.9 Å². The number of hydrogen-bond donors (Lipinski definition) is 1. The van der Waals surface area contributed by atoms with Gasteiger partial charge in [0, 0.05) is 0 Å². The summed E-state index contributed by atoms with van der Waals surface area (Å²) in [4.78, 5) is 0. The molecule has 1 aromatic rings. The van der Waals surface area contributed by atoms with Gasteiger partial charge in [-0.25, -0.2) is 8.42 Å². The molecule has 110 valence electrons. The molecule has 2 fully saturated rings. The lowest BCUT2D eigenvalue weighted by atomic mass is 9.90. The molecule has 0 spiro atoms. The second-order valence-corrected chi connectivity index (χ2v) is 8.09. The van der Waals surface area contributed by atoms with Crippen molar-refractivity contribution in [2.45, 2.75) is 24.9 Å². The van der Waals surface area contributed by atoms with Crippen molar-refractivity contribution in [3.63, 3.8) is 0 Å². The van der Waals surface area contributed by atoms with E-state index in [9.17, 15) is 8.42 Å². The summed E-state index contributed by atoms with van der Waals surface area (Å²) in [6.45, 7) is 2.08. The van der Waals surface area contributed by atoms with Crippen molar-refractivity contribution in [2.75, 3.05) is 24.6 Å². The third kappa shape index (κ3) is 3.10. The maximum atomic E-state index is 11.1. The van der Waals surface area contributed by atoms with Gasteiger partial charge in [0.1, 0.15) is 11.9 Å². The zero-order valence-electron chi connectivity index (χ0n) is 11.1. The van der Waals surface area contributed by atoms with Crippen LogP contribution in [0.1, 0.15) is 24.3 Å². The molecule has 20 heavy (non-hydrogen) atoms. The highest BCUT2D eigenvalue weighted by Gasteiger charge is 2.35. The van der Waals surface area contributed by atoms with Crippen LogP contribution in [0.4, 0.5) is 0 Å². The van der Waals surface area contributed by atoms with Gasteiger partial charge < -0.3 is 10.1 Å². The summed E-state index contributed by atoms with van der Waals surface area (Å²) in [5.74, 6) is 1.33. The van der Waals surface area contributed by atoms with E-state index in [0.29, 0.717) is 16.7 Å². The number of ether oxygens (including phenoxy) is 1. The van der Waals surface area contributed by atoms with Crippen LogP contribution in [0.3, 0.4) is 0 Å². The van der Waals surface area contributed by atoms with E-state index in [-0.39, 0.29) is 17.6 Å². The lowest BCUT2D eigenvalue weighted by molar-refractivity contribution is 0.230. The highest BCUT2D eigenvalue weighted by molar-refractivity contribution is 7.92. The van der Waals surface area contributed by atoms with Gasteiger partial charge in [-0.05, 0) is 49.5 Å². The number of rotatable bonds is 3. The number of piperidine rings is 1. The normalized spacial score (nSPS) is 23.2. The quantitative estimate of drug-likeness (QED) is 0.926. The van der Waals surface area contributed by atoms with Crippen LogP contribution in [0.5, 0.6) is 5.75 Å². The summed E-state index contributed by atoms with van der Waals surface area (Å²) in [5.41, 5.74) is 1.24. The molecular weight excluding hydrogens is 298 g/mol. The van der Waals surface area contributed by atoms with E-state index >= 15 is 0 Å². The zero-order chi connectivity index (χ0) is 14.2. The zero-order valence-corrected chi connectivity index (χ0v) is 12.7. The Morgan fingerprint density at radius 1 is 1.20 bits per heavy atom.